The lowest BCUT2D eigenvalue weighted by Gasteiger charge is -2.44. The summed E-state index contributed by atoms with van der Waals surface area (Å²) >= 11 is 0. The van der Waals surface area contributed by atoms with Crippen molar-refractivity contribution in [3.8, 4) is 0 Å². The van der Waals surface area contributed by atoms with Gasteiger partial charge in [0.05, 0.1) is 30.8 Å². The van der Waals surface area contributed by atoms with Gasteiger partial charge in [0.1, 0.15) is 12.2 Å². The van der Waals surface area contributed by atoms with Gasteiger partial charge in [-0.25, -0.2) is 0 Å². The van der Waals surface area contributed by atoms with Crippen LogP contribution in [0.15, 0.2) is 30.3 Å². The maximum Gasteiger partial charge on any atom is 0.314 e. The van der Waals surface area contributed by atoms with E-state index in [1.165, 1.54) is 6.92 Å². The van der Waals surface area contributed by atoms with Crippen molar-refractivity contribution in [1.82, 2.24) is 0 Å². The van der Waals surface area contributed by atoms with Crippen LogP contribution in [0.2, 0.25) is 0 Å². The Morgan fingerprint density at radius 3 is 2.62 bits per heavy atom. The van der Waals surface area contributed by atoms with Gasteiger partial charge < -0.3 is 18.9 Å². The van der Waals surface area contributed by atoms with Crippen molar-refractivity contribution in [2.75, 3.05) is 6.61 Å². The van der Waals surface area contributed by atoms with Crippen LogP contribution >= 0.6 is 0 Å². The molecule has 6 nitrogen and oxygen atoms in total. The Kier molecular flexibility index (Phi) is 5.63. The van der Waals surface area contributed by atoms with Gasteiger partial charge in [-0.3, -0.25) is 9.59 Å². The Labute approximate surface area is 153 Å². The van der Waals surface area contributed by atoms with Crippen molar-refractivity contribution >= 4 is 11.9 Å². The van der Waals surface area contributed by atoms with Gasteiger partial charge in [-0.2, -0.15) is 0 Å². The minimum atomic E-state index is -0.807. The lowest BCUT2D eigenvalue weighted by atomic mass is 9.77. The number of ether oxygens (including phenoxy) is 4. The molecule has 1 aromatic carbocycles. The molecule has 0 N–H and O–H groups in total. The second-order valence-electron chi connectivity index (χ2n) is 7.28. The van der Waals surface area contributed by atoms with E-state index in [4.69, 9.17) is 18.9 Å². The number of hydrogen-bond donors (Lipinski definition) is 0. The molecule has 0 amide bonds. The van der Waals surface area contributed by atoms with E-state index >= 15 is 0 Å². The summed E-state index contributed by atoms with van der Waals surface area (Å²) in [5, 5.41) is 0. The lowest BCUT2D eigenvalue weighted by molar-refractivity contribution is -0.222. The number of esters is 2. The van der Waals surface area contributed by atoms with E-state index in [0.29, 0.717) is 26.1 Å². The highest BCUT2D eigenvalue weighted by Crippen LogP contribution is 2.42. The minimum absolute atomic E-state index is 0.222. The number of cyclic esters (lactones) is 1. The van der Waals surface area contributed by atoms with E-state index in [0.717, 1.165) is 5.56 Å². The molecule has 6 heteroatoms. The van der Waals surface area contributed by atoms with E-state index in [1.54, 1.807) is 0 Å². The van der Waals surface area contributed by atoms with Gasteiger partial charge in [0.2, 0.25) is 0 Å². The summed E-state index contributed by atoms with van der Waals surface area (Å²) in [5.41, 5.74) is 0.260. The Morgan fingerprint density at radius 2 is 2.00 bits per heavy atom. The Hall–Kier alpha value is -1.92. The lowest BCUT2D eigenvalue weighted by Crippen LogP contribution is -2.56. The van der Waals surface area contributed by atoms with E-state index in [2.05, 4.69) is 0 Å². The van der Waals surface area contributed by atoms with E-state index < -0.39 is 23.6 Å². The van der Waals surface area contributed by atoms with Gasteiger partial charge in [0.25, 0.3) is 0 Å². The van der Waals surface area contributed by atoms with Crippen LogP contribution < -0.4 is 0 Å². The fourth-order valence-corrected chi connectivity index (χ4v) is 3.70. The number of hydrogen-bond acceptors (Lipinski definition) is 6. The average molecular weight is 362 g/mol. The third-order valence-corrected chi connectivity index (χ3v) is 5.26. The minimum Gasteiger partial charge on any atom is -0.465 e. The molecular weight excluding hydrogens is 336 g/mol. The van der Waals surface area contributed by atoms with Gasteiger partial charge in [0.15, 0.2) is 0 Å². The molecule has 2 saturated heterocycles. The molecule has 0 aromatic heterocycles. The van der Waals surface area contributed by atoms with Crippen molar-refractivity contribution in [2.24, 2.45) is 5.41 Å². The Balaban J connectivity index is 1.72. The third kappa shape index (κ3) is 3.91. The summed E-state index contributed by atoms with van der Waals surface area (Å²) in [6, 6.07) is 9.87. The normalized spacial score (nSPS) is 34.3. The maximum absolute atomic E-state index is 12.3. The van der Waals surface area contributed by atoms with E-state index in [1.807, 2.05) is 44.2 Å². The summed E-state index contributed by atoms with van der Waals surface area (Å²) in [7, 11) is 0. The first-order chi connectivity index (χ1) is 12.4. The number of benzene rings is 1. The molecule has 142 valence electrons. The van der Waals surface area contributed by atoms with Crippen LogP contribution in [0.25, 0.3) is 0 Å². The molecule has 0 bridgehead atoms. The molecule has 1 aromatic rings. The SMILES string of the molecule is CC(=O)O[C@@H]1C[C@H](OCc2ccccc2)[C@@H](C)O[C@H]1C1(C)CCOC1=O. The predicted molar refractivity (Wildman–Crippen MR) is 93.2 cm³/mol. The van der Waals surface area contributed by atoms with E-state index in [-0.39, 0.29) is 18.2 Å². The number of carbonyl (C=O) groups is 2. The van der Waals surface area contributed by atoms with Crippen LogP contribution in [-0.4, -0.2) is 43.0 Å². The standard InChI is InChI=1S/C20H26O6/c1-13-16(24-12-15-7-5-4-6-8-15)11-17(26-14(2)21)18(25-13)20(3)9-10-23-19(20)22/h4-8,13,16-18H,9-12H2,1-3H3/t13-,16+,17-,18-,20?/m1/s1. The zero-order valence-corrected chi connectivity index (χ0v) is 15.5. The number of carbonyl (C=O) groups excluding carboxylic acids is 2. The summed E-state index contributed by atoms with van der Waals surface area (Å²) in [5.74, 6) is -0.689. The molecule has 2 heterocycles. The number of rotatable bonds is 5. The second-order valence-corrected chi connectivity index (χ2v) is 7.28. The molecule has 5 atom stereocenters. The van der Waals surface area contributed by atoms with Crippen molar-refractivity contribution in [3.63, 3.8) is 0 Å². The molecule has 0 spiro atoms. The highest BCUT2D eigenvalue weighted by atomic mass is 16.6. The topological polar surface area (TPSA) is 71.1 Å². The first-order valence-electron chi connectivity index (χ1n) is 9.05. The Bertz CT molecular complexity index is 645. The van der Waals surface area contributed by atoms with Crippen LogP contribution in [0.1, 0.15) is 39.2 Å². The van der Waals surface area contributed by atoms with Crippen LogP contribution in [0.4, 0.5) is 0 Å². The van der Waals surface area contributed by atoms with Crippen molar-refractivity contribution in [1.29, 1.82) is 0 Å². The maximum atomic E-state index is 12.3. The fraction of sp³-hybridized carbons (Fsp3) is 0.600. The zero-order valence-electron chi connectivity index (χ0n) is 15.5. The average Bonchev–Trinajstić information content (AvgIpc) is 2.95. The van der Waals surface area contributed by atoms with Crippen molar-refractivity contribution < 1.29 is 28.5 Å². The summed E-state index contributed by atoms with van der Waals surface area (Å²) in [4.78, 5) is 23.8. The second kappa shape index (κ2) is 7.76. The molecule has 26 heavy (non-hydrogen) atoms. The van der Waals surface area contributed by atoms with Crippen molar-refractivity contribution in [3.05, 3.63) is 35.9 Å². The fourth-order valence-electron chi connectivity index (χ4n) is 3.70. The highest BCUT2D eigenvalue weighted by molar-refractivity contribution is 5.79. The zero-order chi connectivity index (χ0) is 18.7. The molecule has 0 saturated carbocycles. The van der Waals surface area contributed by atoms with Gasteiger partial charge >= 0.3 is 11.9 Å². The van der Waals surface area contributed by atoms with Gasteiger partial charge in [-0.05, 0) is 19.4 Å². The first kappa shape index (κ1) is 18.9. The van der Waals surface area contributed by atoms with Crippen LogP contribution in [0, 0.1) is 5.41 Å². The van der Waals surface area contributed by atoms with Gasteiger partial charge in [0, 0.05) is 19.8 Å². The largest absolute Gasteiger partial charge is 0.465 e. The quantitative estimate of drug-likeness (QED) is 0.750. The molecule has 2 aliphatic rings. The van der Waals surface area contributed by atoms with Crippen LogP contribution in [-0.2, 0) is 35.1 Å². The van der Waals surface area contributed by atoms with E-state index in [9.17, 15) is 9.59 Å². The van der Waals surface area contributed by atoms with Crippen molar-refractivity contribution in [2.45, 2.75) is 64.6 Å². The highest BCUT2D eigenvalue weighted by Gasteiger charge is 2.55. The molecule has 3 rings (SSSR count). The molecule has 0 aliphatic carbocycles. The molecule has 2 aliphatic heterocycles. The monoisotopic (exact) mass is 362 g/mol. The first-order valence-corrected chi connectivity index (χ1v) is 9.05. The summed E-state index contributed by atoms with van der Waals surface area (Å²) in [6.07, 6.45) is -0.483. The Morgan fingerprint density at radius 1 is 1.27 bits per heavy atom. The third-order valence-electron chi connectivity index (χ3n) is 5.26. The van der Waals surface area contributed by atoms with Crippen LogP contribution in [0.5, 0.6) is 0 Å². The molecule has 2 fully saturated rings. The smallest absolute Gasteiger partial charge is 0.314 e. The molecule has 0 radical (unpaired) electrons. The predicted octanol–water partition coefficient (Wildman–Crippen LogP) is 2.63. The summed E-state index contributed by atoms with van der Waals surface area (Å²) in [6.45, 7) is 5.93. The molecular formula is C20H26O6. The summed E-state index contributed by atoms with van der Waals surface area (Å²) < 4.78 is 22.8. The van der Waals surface area contributed by atoms with Crippen LogP contribution in [0.3, 0.4) is 0 Å². The van der Waals surface area contributed by atoms with Gasteiger partial charge in [-0.15, -0.1) is 0 Å². The van der Waals surface area contributed by atoms with Gasteiger partial charge in [-0.1, -0.05) is 30.3 Å². The molecule has 1 unspecified atom stereocenters.